The molecule has 4 nitrogen and oxygen atoms in total. The summed E-state index contributed by atoms with van der Waals surface area (Å²) in [5.74, 6) is -0.624. The number of nitrogens with zero attached hydrogens (tertiary/aromatic N) is 2. The van der Waals surface area contributed by atoms with E-state index in [9.17, 15) is 4.79 Å². The molecule has 0 saturated carbocycles. The highest BCUT2D eigenvalue weighted by Crippen LogP contribution is 2.26. The Morgan fingerprint density at radius 3 is 2.58 bits per heavy atom. The summed E-state index contributed by atoms with van der Waals surface area (Å²) in [7, 11) is 0. The van der Waals surface area contributed by atoms with E-state index in [0.717, 1.165) is 11.1 Å². The first kappa shape index (κ1) is 13.2. The van der Waals surface area contributed by atoms with Crippen molar-refractivity contribution in [3.63, 3.8) is 0 Å². The maximum absolute atomic E-state index is 11.0. The van der Waals surface area contributed by atoms with E-state index in [1.807, 2.05) is 13.0 Å². The topological polar surface area (TPSA) is 63.1 Å². The van der Waals surface area contributed by atoms with Crippen molar-refractivity contribution in [3.8, 4) is 11.3 Å². The lowest BCUT2D eigenvalue weighted by Crippen LogP contribution is -2.02. The van der Waals surface area contributed by atoms with Crippen molar-refractivity contribution in [2.24, 2.45) is 0 Å². The molecule has 0 fully saturated rings. The molecule has 2 aromatic rings. The monoisotopic (exact) mass is 256 g/mol. The van der Waals surface area contributed by atoms with Gasteiger partial charge in [0.2, 0.25) is 0 Å². The van der Waals surface area contributed by atoms with Crippen LogP contribution in [0.2, 0.25) is 0 Å². The summed E-state index contributed by atoms with van der Waals surface area (Å²) < 4.78 is 0. The van der Waals surface area contributed by atoms with Gasteiger partial charge < -0.3 is 5.11 Å². The molecule has 98 valence electrons. The van der Waals surface area contributed by atoms with Gasteiger partial charge in [0, 0.05) is 5.56 Å². The molecule has 0 amide bonds. The van der Waals surface area contributed by atoms with E-state index in [4.69, 9.17) is 5.11 Å². The average molecular weight is 256 g/mol. The summed E-state index contributed by atoms with van der Waals surface area (Å²) in [6.45, 7) is 6.23. The molecule has 0 radical (unpaired) electrons. The van der Waals surface area contributed by atoms with Crippen molar-refractivity contribution in [2.75, 3.05) is 0 Å². The number of hydrogen-bond acceptors (Lipinski definition) is 3. The van der Waals surface area contributed by atoms with Gasteiger partial charge in [0.25, 0.3) is 0 Å². The fourth-order valence-corrected chi connectivity index (χ4v) is 1.90. The van der Waals surface area contributed by atoms with Crippen molar-refractivity contribution in [1.82, 2.24) is 9.97 Å². The summed E-state index contributed by atoms with van der Waals surface area (Å²) in [5, 5.41) is 8.98. The first-order chi connectivity index (χ1) is 8.99. The second-order valence-corrected chi connectivity index (χ2v) is 4.82. The minimum absolute atomic E-state index is 0.0133. The van der Waals surface area contributed by atoms with Gasteiger partial charge in [0.15, 0.2) is 5.69 Å². The number of hydrogen-bond donors (Lipinski definition) is 1. The van der Waals surface area contributed by atoms with Crippen LogP contribution in [-0.4, -0.2) is 21.0 Å². The summed E-state index contributed by atoms with van der Waals surface area (Å²) in [4.78, 5) is 18.9. The summed E-state index contributed by atoms with van der Waals surface area (Å²) in [6, 6.07) is 7.69. The first-order valence-corrected chi connectivity index (χ1v) is 6.15. The van der Waals surface area contributed by atoms with Crippen LogP contribution in [0.5, 0.6) is 0 Å². The second kappa shape index (κ2) is 5.18. The molecule has 2 rings (SSSR count). The third-order valence-corrected chi connectivity index (χ3v) is 3.09. The Kier molecular flexibility index (Phi) is 3.60. The molecule has 0 aliphatic rings. The Hall–Kier alpha value is -2.23. The van der Waals surface area contributed by atoms with Crippen LogP contribution in [0.3, 0.4) is 0 Å². The van der Waals surface area contributed by atoms with Crippen molar-refractivity contribution in [3.05, 3.63) is 47.4 Å². The molecule has 4 heteroatoms. The molecule has 0 atom stereocenters. The van der Waals surface area contributed by atoms with Gasteiger partial charge >= 0.3 is 5.97 Å². The fraction of sp³-hybridized carbons (Fsp3) is 0.267. The lowest BCUT2D eigenvalue weighted by atomic mass is 9.96. The molecule has 0 spiro atoms. The minimum atomic E-state index is -1.04. The van der Waals surface area contributed by atoms with Gasteiger partial charge in [-0.3, -0.25) is 0 Å². The zero-order valence-corrected chi connectivity index (χ0v) is 11.2. The number of aryl methyl sites for hydroxylation is 1. The van der Waals surface area contributed by atoms with Crippen LogP contribution in [0, 0.1) is 6.92 Å². The van der Waals surface area contributed by atoms with Crippen LogP contribution in [0.1, 0.15) is 41.4 Å². The lowest BCUT2D eigenvalue weighted by molar-refractivity contribution is 0.0690. The Morgan fingerprint density at radius 2 is 1.95 bits per heavy atom. The normalized spacial score (nSPS) is 10.7. The van der Waals surface area contributed by atoms with E-state index in [2.05, 4.69) is 35.9 Å². The Morgan fingerprint density at radius 1 is 1.21 bits per heavy atom. The summed E-state index contributed by atoms with van der Waals surface area (Å²) in [6.07, 6.45) is 1.29. The van der Waals surface area contributed by atoms with Gasteiger partial charge in [0.1, 0.15) is 6.33 Å². The van der Waals surface area contributed by atoms with E-state index in [1.165, 1.54) is 18.0 Å². The minimum Gasteiger partial charge on any atom is -0.477 e. The van der Waals surface area contributed by atoms with Gasteiger partial charge in [-0.25, -0.2) is 14.8 Å². The van der Waals surface area contributed by atoms with Gasteiger partial charge in [-0.15, -0.1) is 0 Å². The molecule has 1 aromatic heterocycles. The van der Waals surface area contributed by atoms with Gasteiger partial charge in [0.05, 0.1) is 5.69 Å². The number of carboxylic acid groups (broad SMARTS) is 1. The summed E-state index contributed by atoms with van der Waals surface area (Å²) in [5.41, 5.74) is 3.89. The Balaban J connectivity index is 2.54. The maximum atomic E-state index is 11.0. The molecular weight excluding hydrogens is 240 g/mol. The molecule has 1 N–H and O–H groups in total. The number of rotatable bonds is 3. The highest BCUT2D eigenvalue weighted by molar-refractivity contribution is 5.86. The predicted octanol–water partition coefficient (Wildman–Crippen LogP) is 3.27. The number of carbonyl (C=O) groups is 1. The molecule has 1 aromatic carbocycles. The third-order valence-electron chi connectivity index (χ3n) is 3.09. The largest absolute Gasteiger partial charge is 0.477 e. The molecule has 19 heavy (non-hydrogen) atoms. The van der Waals surface area contributed by atoms with Gasteiger partial charge in [-0.1, -0.05) is 26.0 Å². The zero-order chi connectivity index (χ0) is 14.0. The van der Waals surface area contributed by atoms with Crippen LogP contribution in [0.4, 0.5) is 0 Å². The van der Waals surface area contributed by atoms with Crippen LogP contribution >= 0.6 is 0 Å². The summed E-state index contributed by atoms with van der Waals surface area (Å²) >= 11 is 0. The smallest absolute Gasteiger partial charge is 0.354 e. The van der Waals surface area contributed by atoms with Gasteiger partial charge in [-0.05, 0) is 36.1 Å². The second-order valence-electron chi connectivity index (χ2n) is 4.82. The fourth-order valence-electron chi connectivity index (χ4n) is 1.90. The number of aromatic nitrogens is 2. The van der Waals surface area contributed by atoms with E-state index in [0.29, 0.717) is 11.6 Å². The third kappa shape index (κ3) is 2.78. The van der Waals surface area contributed by atoms with Crippen molar-refractivity contribution in [2.45, 2.75) is 26.7 Å². The predicted molar refractivity (Wildman–Crippen MR) is 73.3 cm³/mol. The molecule has 0 bridgehead atoms. The van der Waals surface area contributed by atoms with E-state index >= 15 is 0 Å². The number of benzene rings is 1. The number of carboxylic acids is 1. The quantitative estimate of drug-likeness (QED) is 0.915. The Labute approximate surface area is 112 Å². The lowest BCUT2D eigenvalue weighted by Gasteiger charge is -2.11. The standard InChI is InChI=1S/C15H16N2O2/c1-9(2)11-5-4-10(3)12(6-11)13-7-14(15(18)19)17-8-16-13/h4-9H,1-3H3,(H,18,19). The van der Waals surface area contributed by atoms with Crippen LogP contribution in [0.15, 0.2) is 30.6 Å². The molecule has 1 heterocycles. The molecular formula is C15H16N2O2. The SMILES string of the molecule is Cc1ccc(C(C)C)cc1-c1cc(C(=O)O)ncn1. The van der Waals surface area contributed by atoms with Crippen molar-refractivity contribution in [1.29, 1.82) is 0 Å². The molecule has 0 aliphatic heterocycles. The van der Waals surface area contributed by atoms with Crippen molar-refractivity contribution < 1.29 is 9.90 Å². The molecule has 0 saturated heterocycles. The average Bonchev–Trinajstić information content (AvgIpc) is 2.39. The van der Waals surface area contributed by atoms with Crippen LogP contribution in [-0.2, 0) is 0 Å². The Bertz CT molecular complexity index is 621. The van der Waals surface area contributed by atoms with Crippen LogP contribution < -0.4 is 0 Å². The number of aromatic carboxylic acids is 1. The molecule has 0 aliphatic carbocycles. The van der Waals surface area contributed by atoms with Crippen LogP contribution in [0.25, 0.3) is 11.3 Å². The van der Waals surface area contributed by atoms with E-state index < -0.39 is 5.97 Å². The van der Waals surface area contributed by atoms with Crippen molar-refractivity contribution >= 4 is 5.97 Å². The van der Waals surface area contributed by atoms with E-state index in [1.54, 1.807) is 0 Å². The highest BCUT2D eigenvalue weighted by atomic mass is 16.4. The van der Waals surface area contributed by atoms with E-state index in [-0.39, 0.29) is 5.69 Å². The first-order valence-electron chi connectivity index (χ1n) is 6.15. The highest BCUT2D eigenvalue weighted by Gasteiger charge is 2.10. The maximum Gasteiger partial charge on any atom is 0.354 e. The zero-order valence-electron chi connectivity index (χ0n) is 11.2. The molecule has 0 unspecified atom stereocenters. The van der Waals surface area contributed by atoms with Gasteiger partial charge in [-0.2, -0.15) is 0 Å².